The van der Waals surface area contributed by atoms with Crippen molar-refractivity contribution in [3.8, 4) is 16.9 Å². The quantitative estimate of drug-likeness (QED) is 0.936. The van der Waals surface area contributed by atoms with Gasteiger partial charge in [-0.25, -0.2) is 4.79 Å². The molecule has 0 radical (unpaired) electrons. The van der Waals surface area contributed by atoms with Crippen LogP contribution in [0.5, 0.6) is 5.75 Å². The first-order valence-electron chi connectivity index (χ1n) is 7.55. The van der Waals surface area contributed by atoms with Gasteiger partial charge in [0.15, 0.2) is 0 Å². The summed E-state index contributed by atoms with van der Waals surface area (Å²) in [4.78, 5) is 23.7. The largest absolute Gasteiger partial charge is 0.495 e. The minimum absolute atomic E-state index is 0.0950. The van der Waals surface area contributed by atoms with Crippen LogP contribution in [-0.4, -0.2) is 23.4 Å². The van der Waals surface area contributed by atoms with E-state index in [0.717, 1.165) is 11.1 Å². The number of carbonyl (C=O) groups excluding carboxylic acids is 1. The van der Waals surface area contributed by atoms with Gasteiger partial charge in [0.25, 0.3) is 5.56 Å². The van der Waals surface area contributed by atoms with Gasteiger partial charge in [0.1, 0.15) is 11.4 Å². The molecule has 1 N–H and O–H groups in total. The van der Waals surface area contributed by atoms with Crippen molar-refractivity contribution in [3.05, 3.63) is 46.9 Å². The summed E-state index contributed by atoms with van der Waals surface area (Å²) in [7, 11) is 3.21. The number of nitrogens with one attached hydrogen (secondary N) is 1. The number of benzene rings is 1. The highest BCUT2D eigenvalue weighted by atomic mass is 16.6. The van der Waals surface area contributed by atoms with E-state index in [0.29, 0.717) is 11.4 Å². The summed E-state index contributed by atoms with van der Waals surface area (Å²) in [5, 5.41) is 2.67. The van der Waals surface area contributed by atoms with Gasteiger partial charge in [-0.3, -0.25) is 10.1 Å². The van der Waals surface area contributed by atoms with Crippen LogP contribution in [0.1, 0.15) is 20.8 Å². The molecule has 24 heavy (non-hydrogen) atoms. The van der Waals surface area contributed by atoms with Gasteiger partial charge in [0.2, 0.25) is 0 Å². The molecule has 0 aliphatic rings. The van der Waals surface area contributed by atoms with E-state index < -0.39 is 11.7 Å². The molecule has 0 saturated heterocycles. The van der Waals surface area contributed by atoms with Gasteiger partial charge in [-0.2, -0.15) is 0 Å². The molecule has 2 rings (SSSR count). The molecule has 0 aliphatic heterocycles. The van der Waals surface area contributed by atoms with E-state index in [4.69, 9.17) is 9.47 Å². The molecule has 0 spiro atoms. The molecule has 0 fully saturated rings. The minimum Gasteiger partial charge on any atom is -0.495 e. The first-order valence-corrected chi connectivity index (χ1v) is 7.55. The fourth-order valence-electron chi connectivity index (χ4n) is 2.12. The first kappa shape index (κ1) is 17.6. The second kappa shape index (κ2) is 6.78. The number of aromatic nitrogens is 1. The summed E-state index contributed by atoms with van der Waals surface area (Å²) in [6.07, 6.45) is 1.15. The molecular formula is C18H22N2O4. The Morgan fingerprint density at radius 1 is 1.12 bits per heavy atom. The van der Waals surface area contributed by atoms with Crippen LogP contribution in [-0.2, 0) is 11.8 Å². The average molecular weight is 330 g/mol. The van der Waals surface area contributed by atoms with E-state index in [1.54, 1.807) is 52.2 Å². The Labute approximate surface area is 141 Å². The monoisotopic (exact) mass is 330 g/mol. The molecule has 0 aliphatic carbocycles. The minimum atomic E-state index is -0.582. The van der Waals surface area contributed by atoms with Crippen molar-refractivity contribution in [2.24, 2.45) is 7.05 Å². The number of hydrogen-bond acceptors (Lipinski definition) is 4. The standard InChI is InChI=1S/C18H22N2O4/c1-18(2,3)24-17(22)19-14-7-6-12(10-15(14)23-5)13-8-9-20(4)16(21)11-13/h6-11H,1-5H3,(H,19,22). The Hall–Kier alpha value is -2.76. The molecule has 1 aromatic carbocycles. The van der Waals surface area contributed by atoms with Crippen molar-refractivity contribution in [3.63, 3.8) is 0 Å². The Balaban J connectivity index is 2.29. The van der Waals surface area contributed by atoms with Crippen LogP contribution in [0.2, 0.25) is 0 Å². The van der Waals surface area contributed by atoms with Crippen LogP contribution < -0.4 is 15.6 Å². The topological polar surface area (TPSA) is 69.6 Å². The lowest BCUT2D eigenvalue weighted by Crippen LogP contribution is -2.27. The molecule has 6 heteroatoms. The van der Waals surface area contributed by atoms with Crippen molar-refractivity contribution in [2.45, 2.75) is 26.4 Å². The number of ether oxygens (including phenoxy) is 2. The van der Waals surface area contributed by atoms with Crippen LogP contribution in [0.3, 0.4) is 0 Å². The first-order chi connectivity index (χ1) is 11.2. The fourth-order valence-corrected chi connectivity index (χ4v) is 2.12. The zero-order valence-corrected chi connectivity index (χ0v) is 14.5. The van der Waals surface area contributed by atoms with Crippen LogP contribution in [0.15, 0.2) is 41.3 Å². The molecular weight excluding hydrogens is 308 g/mol. The van der Waals surface area contributed by atoms with Gasteiger partial charge < -0.3 is 14.0 Å². The number of carbonyl (C=O) groups is 1. The summed E-state index contributed by atoms with van der Waals surface area (Å²) in [5.41, 5.74) is 1.42. The highest BCUT2D eigenvalue weighted by Gasteiger charge is 2.17. The Bertz CT molecular complexity index is 803. The average Bonchev–Trinajstić information content (AvgIpc) is 2.48. The lowest BCUT2D eigenvalue weighted by atomic mass is 10.1. The smallest absolute Gasteiger partial charge is 0.412 e. The van der Waals surface area contributed by atoms with Crippen molar-refractivity contribution in [2.75, 3.05) is 12.4 Å². The second-order valence-electron chi connectivity index (χ2n) is 6.41. The van der Waals surface area contributed by atoms with Crippen LogP contribution in [0.25, 0.3) is 11.1 Å². The molecule has 0 unspecified atom stereocenters. The van der Waals surface area contributed by atoms with Crippen LogP contribution in [0, 0.1) is 0 Å². The molecule has 128 valence electrons. The Morgan fingerprint density at radius 2 is 1.79 bits per heavy atom. The third-order valence-electron chi connectivity index (χ3n) is 3.27. The molecule has 2 aromatic rings. The van der Waals surface area contributed by atoms with Gasteiger partial charge in [0.05, 0.1) is 12.8 Å². The Kier molecular flexibility index (Phi) is 4.97. The molecule has 6 nitrogen and oxygen atoms in total. The molecule has 1 amide bonds. The number of pyridine rings is 1. The maximum Gasteiger partial charge on any atom is 0.412 e. The number of nitrogens with zero attached hydrogens (tertiary/aromatic N) is 1. The summed E-state index contributed by atoms with van der Waals surface area (Å²) in [6.45, 7) is 5.38. The number of hydrogen-bond donors (Lipinski definition) is 1. The maximum atomic E-state index is 11.9. The molecule has 1 heterocycles. The van der Waals surface area contributed by atoms with E-state index >= 15 is 0 Å². The molecule has 0 saturated carbocycles. The van der Waals surface area contributed by atoms with Gasteiger partial charge in [0, 0.05) is 19.3 Å². The zero-order valence-electron chi connectivity index (χ0n) is 14.5. The lowest BCUT2D eigenvalue weighted by Gasteiger charge is -2.20. The molecule has 0 bridgehead atoms. The molecule has 0 atom stereocenters. The number of aryl methyl sites for hydroxylation is 1. The van der Waals surface area contributed by atoms with Crippen LogP contribution in [0.4, 0.5) is 10.5 Å². The fraction of sp³-hybridized carbons (Fsp3) is 0.333. The lowest BCUT2D eigenvalue weighted by molar-refractivity contribution is 0.0635. The normalized spacial score (nSPS) is 11.0. The highest BCUT2D eigenvalue weighted by molar-refractivity contribution is 5.88. The van der Waals surface area contributed by atoms with E-state index in [1.807, 2.05) is 12.1 Å². The summed E-state index contributed by atoms with van der Waals surface area (Å²) < 4.78 is 12.1. The summed E-state index contributed by atoms with van der Waals surface area (Å²) in [6, 6.07) is 8.69. The highest BCUT2D eigenvalue weighted by Crippen LogP contribution is 2.30. The molecule has 1 aromatic heterocycles. The predicted molar refractivity (Wildman–Crippen MR) is 93.5 cm³/mol. The van der Waals surface area contributed by atoms with E-state index in [-0.39, 0.29) is 5.56 Å². The summed E-state index contributed by atoms with van der Waals surface area (Å²) in [5.74, 6) is 0.485. The van der Waals surface area contributed by atoms with E-state index in [9.17, 15) is 9.59 Å². The van der Waals surface area contributed by atoms with Gasteiger partial charge in [-0.15, -0.1) is 0 Å². The predicted octanol–water partition coefficient (Wildman–Crippen LogP) is 3.41. The van der Waals surface area contributed by atoms with Crippen molar-refractivity contribution >= 4 is 11.8 Å². The SMILES string of the molecule is COc1cc(-c2ccn(C)c(=O)c2)ccc1NC(=O)OC(C)(C)C. The van der Waals surface area contributed by atoms with Crippen molar-refractivity contribution in [1.82, 2.24) is 4.57 Å². The van der Waals surface area contributed by atoms with E-state index in [2.05, 4.69) is 5.32 Å². The van der Waals surface area contributed by atoms with Crippen molar-refractivity contribution in [1.29, 1.82) is 0 Å². The third kappa shape index (κ3) is 4.38. The van der Waals surface area contributed by atoms with E-state index in [1.165, 1.54) is 11.7 Å². The summed E-state index contributed by atoms with van der Waals surface area (Å²) >= 11 is 0. The third-order valence-corrected chi connectivity index (χ3v) is 3.27. The van der Waals surface area contributed by atoms with Gasteiger partial charge >= 0.3 is 6.09 Å². The number of methoxy groups -OCH3 is 1. The zero-order chi connectivity index (χ0) is 17.9. The number of anilines is 1. The second-order valence-corrected chi connectivity index (χ2v) is 6.41. The maximum absolute atomic E-state index is 11.9. The van der Waals surface area contributed by atoms with Crippen LogP contribution >= 0.6 is 0 Å². The number of rotatable bonds is 3. The Morgan fingerprint density at radius 3 is 2.38 bits per heavy atom. The van der Waals surface area contributed by atoms with Gasteiger partial charge in [-0.1, -0.05) is 6.07 Å². The van der Waals surface area contributed by atoms with Gasteiger partial charge in [-0.05, 0) is 50.1 Å². The number of amides is 1. The van der Waals surface area contributed by atoms with Crippen molar-refractivity contribution < 1.29 is 14.3 Å².